The summed E-state index contributed by atoms with van der Waals surface area (Å²) in [5, 5.41) is 19.6. The third-order valence-corrected chi connectivity index (χ3v) is 1.17. The van der Waals surface area contributed by atoms with Crippen LogP contribution in [0.15, 0.2) is 12.0 Å². The van der Waals surface area contributed by atoms with Gasteiger partial charge in [0.1, 0.15) is 14.1 Å². The van der Waals surface area contributed by atoms with Crippen molar-refractivity contribution in [1.29, 1.82) is 0 Å². The lowest BCUT2D eigenvalue weighted by atomic mass is 10.4. The van der Waals surface area contributed by atoms with Gasteiger partial charge < -0.3 is 9.84 Å². The van der Waals surface area contributed by atoms with E-state index >= 15 is 0 Å². The van der Waals surface area contributed by atoms with E-state index in [0.29, 0.717) is 0 Å². The Labute approximate surface area is 66.0 Å². The zero-order valence-electron chi connectivity index (χ0n) is 7.00. The minimum Gasteiger partial charge on any atom is -0.466 e. The van der Waals surface area contributed by atoms with Crippen molar-refractivity contribution in [3.8, 4) is 0 Å². The molecule has 0 aliphatic heterocycles. The van der Waals surface area contributed by atoms with E-state index < -0.39 is 5.95 Å². The van der Waals surface area contributed by atoms with Gasteiger partial charge in [-0.15, -0.1) is 0 Å². The fourth-order valence-corrected chi connectivity index (χ4v) is 0.441. The first-order chi connectivity index (χ1) is 5.07. The minimum absolute atomic E-state index is 0.135. The Morgan fingerprint density at radius 3 is 2.55 bits per heavy atom. The number of hydrogen-bond acceptors (Lipinski definition) is 1. The smallest absolute Gasteiger partial charge is 0.337 e. The average molecular weight is 159 g/mol. The van der Waals surface area contributed by atoms with Crippen LogP contribution in [0.5, 0.6) is 0 Å². The molecule has 11 heavy (non-hydrogen) atoms. The molecule has 0 rings (SSSR count). The lowest BCUT2D eigenvalue weighted by Gasteiger charge is -1.92. The summed E-state index contributed by atoms with van der Waals surface area (Å²) in [4.78, 5) is 0. The second-order valence-electron chi connectivity index (χ2n) is 2.24. The molecule has 1 N–H and O–H groups in total. The van der Waals surface area contributed by atoms with Gasteiger partial charge >= 0.3 is 11.8 Å². The summed E-state index contributed by atoms with van der Waals surface area (Å²) in [6.45, 7) is 0. The maximum Gasteiger partial charge on any atom is 0.337 e. The molecule has 0 unspecified atom stereocenters. The summed E-state index contributed by atoms with van der Waals surface area (Å²) in [6, 6.07) is 0. The number of aliphatic hydroxyl groups is 1. The van der Waals surface area contributed by atoms with E-state index in [1.54, 1.807) is 14.1 Å². The SMILES string of the molecule is COC([O])=CCC(O)=[N+](C)C. The number of nitrogens with zero attached hydrogens (tertiary/aromatic N) is 1. The Morgan fingerprint density at radius 2 is 2.18 bits per heavy atom. The summed E-state index contributed by atoms with van der Waals surface area (Å²) in [5.74, 6) is -0.297. The summed E-state index contributed by atoms with van der Waals surface area (Å²) in [5.41, 5.74) is 0. The zero-order valence-corrected chi connectivity index (χ0v) is 7.00. The molecule has 1 radical (unpaired) electrons. The van der Waals surface area contributed by atoms with Gasteiger partial charge in [0.05, 0.1) is 13.5 Å². The third-order valence-electron chi connectivity index (χ3n) is 1.17. The molecule has 0 bridgehead atoms. The number of ether oxygens (including phenoxy) is 1. The highest BCUT2D eigenvalue weighted by molar-refractivity contribution is 5.69. The second-order valence-corrected chi connectivity index (χ2v) is 2.24. The van der Waals surface area contributed by atoms with E-state index in [-0.39, 0.29) is 12.3 Å². The topological polar surface area (TPSA) is 52.4 Å². The van der Waals surface area contributed by atoms with Gasteiger partial charge in [-0.3, -0.25) is 0 Å². The molecule has 0 atom stereocenters. The van der Waals surface area contributed by atoms with E-state index in [9.17, 15) is 5.11 Å². The van der Waals surface area contributed by atoms with Crippen molar-refractivity contribution in [3.05, 3.63) is 12.0 Å². The molecule has 0 aliphatic carbocycles. The van der Waals surface area contributed by atoms with Crippen molar-refractivity contribution in [3.63, 3.8) is 0 Å². The predicted molar refractivity (Wildman–Crippen MR) is 40.1 cm³/mol. The number of hydrogen-bond donors (Lipinski definition) is 1. The first-order valence-electron chi connectivity index (χ1n) is 3.21. The summed E-state index contributed by atoms with van der Waals surface area (Å²) in [7, 11) is 4.69. The van der Waals surface area contributed by atoms with Crippen molar-refractivity contribution in [2.75, 3.05) is 21.2 Å². The first kappa shape index (κ1) is 9.81. The van der Waals surface area contributed by atoms with Crippen LogP contribution in [0.1, 0.15) is 6.42 Å². The van der Waals surface area contributed by atoms with Crippen LogP contribution in [0.3, 0.4) is 0 Å². The molecule has 0 saturated carbocycles. The van der Waals surface area contributed by atoms with Crippen molar-refractivity contribution < 1.29 is 19.5 Å². The standard InChI is InChI=1S/C7H12NO3/c1-8(2)6(9)4-5-7(10)11-3/h5H,4H2,1-3H3/p+1. The molecule has 0 saturated heterocycles. The van der Waals surface area contributed by atoms with Crippen LogP contribution in [0.2, 0.25) is 0 Å². The predicted octanol–water partition coefficient (Wildman–Crippen LogP) is 0.523. The van der Waals surface area contributed by atoms with Crippen molar-refractivity contribution >= 4 is 5.90 Å². The monoisotopic (exact) mass is 159 g/mol. The second kappa shape index (κ2) is 4.60. The number of rotatable bonds is 3. The number of aliphatic hydroxyl groups excluding tert-OH is 1. The van der Waals surface area contributed by atoms with Gasteiger partial charge in [0.25, 0.3) is 0 Å². The zero-order chi connectivity index (χ0) is 8.85. The van der Waals surface area contributed by atoms with Gasteiger partial charge in [0, 0.05) is 6.08 Å². The highest BCUT2D eigenvalue weighted by Gasteiger charge is 2.03. The molecule has 0 aliphatic rings. The van der Waals surface area contributed by atoms with Gasteiger partial charge in [-0.05, 0) is 0 Å². The van der Waals surface area contributed by atoms with Crippen LogP contribution >= 0.6 is 0 Å². The van der Waals surface area contributed by atoms with Gasteiger partial charge in [-0.25, -0.2) is 9.68 Å². The molecule has 0 aromatic heterocycles. The van der Waals surface area contributed by atoms with Crippen LogP contribution in [-0.2, 0) is 9.84 Å². The molecule has 4 nitrogen and oxygen atoms in total. The molecule has 63 valence electrons. The van der Waals surface area contributed by atoms with Gasteiger partial charge in [0.15, 0.2) is 0 Å². The van der Waals surface area contributed by atoms with Crippen molar-refractivity contribution in [1.82, 2.24) is 0 Å². The van der Waals surface area contributed by atoms with E-state index in [4.69, 9.17) is 5.11 Å². The van der Waals surface area contributed by atoms with E-state index in [1.807, 2.05) is 0 Å². The fourth-order valence-electron chi connectivity index (χ4n) is 0.441. The third kappa shape index (κ3) is 4.25. The molecule has 0 aromatic carbocycles. The average Bonchev–Trinajstić information content (AvgIpc) is 1.99. The molecular weight excluding hydrogens is 146 g/mol. The fraction of sp³-hybridized carbons (Fsp3) is 0.571. The van der Waals surface area contributed by atoms with Gasteiger partial charge in [-0.1, -0.05) is 0 Å². The van der Waals surface area contributed by atoms with Gasteiger partial charge in [-0.2, -0.15) is 0 Å². The summed E-state index contributed by atoms with van der Waals surface area (Å²) < 4.78 is 5.87. The molecule has 4 heteroatoms. The molecular formula is C7H13NO3+. The Morgan fingerprint density at radius 1 is 1.64 bits per heavy atom. The van der Waals surface area contributed by atoms with Crippen LogP contribution in [0, 0.1) is 0 Å². The lowest BCUT2D eigenvalue weighted by molar-refractivity contribution is -0.474. The summed E-state index contributed by atoms with van der Waals surface area (Å²) in [6.07, 6.45) is 1.48. The Kier molecular flexibility index (Phi) is 4.10. The van der Waals surface area contributed by atoms with E-state index in [2.05, 4.69) is 4.74 Å². The van der Waals surface area contributed by atoms with E-state index in [1.165, 1.54) is 17.8 Å². The Balaban J connectivity index is 3.99. The maximum atomic E-state index is 10.5. The minimum atomic E-state index is -0.432. The van der Waals surface area contributed by atoms with Crippen molar-refractivity contribution in [2.45, 2.75) is 6.42 Å². The highest BCUT2D eigenvalue weighted by Crippen LogP contribution is 1.93. The maximum absolute atomic E-state index is 10.5. The Hall–Kier alpha value is -1.19. The highest BCUT2D eigenvalue weighted by atomic mass is 16.6. The first-order valence-corrected chi connectivity index (χ1v) is 3.21. The molecule has 0 amide bonds. The largest absolute Gasteiger partial charge is 0.466 e. The molecule has 0 heterocycles. The quantitative estimate of drug-likeness (QED) is 0.282. The normalized spacial score (nSPS) is 11.0. The van der Waals surface area contributed by atoms with Crippen LogP contribution < -0.4 is 0 Å². The molecule has 0 aromatic rings. The van der Waals surface area contributed by atoms with Crippen molar-refractivity contribution in [2.24, 2.45) is 0 Å². The van der Waals surface area contributed by atoms with E-state index in [0.717, 1.165) is 0 Å². The lowest BCUT2D eigenvalue weighted by Crippen LogP contribution is -2.11. The number of methoxy groups -OCH3 is 1. The molecule has 0 spiro atoms. The summed E-state index contributed by atoms with van der Waals surface area (Å²) >= 11 is 0. The van der Waals surface area contributed by atoms with Crippen LogP contribution in [-0.4, -0.2) is 36.8 Å². The Bertz CT molecular complexity index is 180. The molecule has 0 fully saturated rings. The van der Waals surface area contributed by atoms with Crippen LogP contribution in [0.25, 0.3) is 0 Å². The van der Waals surface area contributed by atoms with Gasteiger partial charge in [0.2, 0.25) is 0 Å². The van der Waals surface area contributed by atoms with Crippen LogP contribution in [0.4, 0.5) is 0 Å².